The fourth-order valence-corrected chi connectivity index (χ4v) is 3.35. The average Bonchev–Trinajstić information content (AvgIpc) is 2.74. The lowest BCUT2D eigenvalue weighted by atomic mass is 9.90. The molecule has 7 heteroatoms. The highest BCUT2D eigenvalue weighted by Crippen LogP contribution is 2.44. The molecule has 3 aromatic rings. The maximum Gasteiger partial charge on any atom is 0.200 e. The summed E-state index contributed by atoms with van der Waals surface area (Å²) in [5.74, 6) is -0.789. The van der Waals surface area contributed by atoms with E-state index in [1.807, 2.05) is 0 Å². The summed E-state index contributed by atoms with van der Waals surface area (Å²) in [4.78, 5) is 0. The summed E-state index contributed by atoms with van der Waals surface area (Å²) in [5, 5.41) is 50.3. The minimum atomic E-state index is -0.435. The zero-order valence-electron chi connectivity index (χ0n) is 17.3. The fraction of sp³-hybridized carbons (Fsp3) is 0.167. The van der Waals surface area contributed by atoms with Crippen molar-refractivity contribution in [3.63, 3.8) is 0 Å². The highest BCUT2D eigenvalue weighted by molar-refractivity contribution is 5.73. The van der Waals surface area contributed by atoms with Crippen LogP contribution in [0.3, 0.4) is 0 Å². The third-order valence-corrected chi connectivity index (χ3v) is 5.06. The van der Waals surface area contributed by atoms with Gasteiger partial charge < -0.3 is 35.0 Å². The summed E-state index contributed by atoms with van der Waals surface area (Å²) in [6.45, 7) is 1.80. The first-order chi connectivity index (χ1) is 14.7. The van der Waals surface area contributed by atoms with Crippen molar-refractivity contribution < 1.29 is 35.0 Å². The second-order valence-corrected chi connectivity index (χ2v) is 7.05. The number of aromatic hydroxyl groups is 5. The number of benzene rings is 3. The van der Waals surface area contributed by atoms with Crippen LogP contribution in [0.25, 0.3) is 12.2 Å². The molecule has 1 unspecified atom stereocenters. The van der Waals surface area contributed by atoms with Crippen LogP contribution in [-0.2, 0) is 0 Å². The molecule has 1 atom stereocenters. The molecule has 31 heavy (non-hydrogen) atoms. The van der Waals surface area contributed by atoms with E-state index in [0.717, 1.165) is 0 Å². The second-order valence-electron chi connectivity index (χ2n) is 7.05. The van der Waals surface area contributed by atoms with Crippen molar-refractivity contribution in [3.8, 4) is 40.2 Å². The molecule has 0 amide bonds. The number of hydrogen-bond acceptors (Lipinski definition) is 7. The molecule has 0 radical (unpaired) electrons. The van der Waals surface area contributed by atoms with Crippen molar-refractivity contribution in [3.05, 3.63) is 64.7 Å². The molecule has 0 aliphatic rings. The van der Waals surface area contributed by atoms with E-state index in [1.54, 1.807) is 37.3 Å². The summed E-state index contributed by atoms with van der Waals surface area (Å²) in [6, 6.07) is 10.6. The molecule has 0 heterocycles. The van der Waals surface area contributed by atoms with E-state index in [0.29, 0.717) is 22.3 Å². The van der Waals surface area contributed by atoms with E-state index in [1.165, 1.54) is 38.5 Å². The number of phenolic OH excluding ortho intramolecular Hbond substituents is 5. The minimum absolute atomic E-state index is 0.105. The van der Waals surface area contributed by atoms with Gasteiger partial charge in [-0.1, -0.05) is 25.1 Å². The molecule has 7 nitrogen and oxygen atoms in total. The van der Waals surface area contributed by atoms with Gasteiger partial charge in [0.15, 0.2) is 23.0 Å². The summed E-state index contributed by atoms with van der Waals surface area (Å²) in [5.41, 5.74) is 2.16. The number of phenols is 5. The van der Waals surface area contributed by atoms with Crippen molar-refractivity contribution in [1.29, 1.82) is 0 Å². The molecule has 162 valence electrons. The van der Waals surface area contributed by atoms with Gasteiger partial charge in [-0.25, -0.2) is 0 Å². The Morgan fingerprint density at radius 2 is 1.19 bits per heavy atom. The molecule has 0 saturated carbocycles. The van der Waals surface area contributed by atoms with Crippen molar-refractivity contribution in [2.45, 2.75) is 12.8 Å². The zero-order chi connectivity index (χ0) is 22.7. The summed E-state index contributed by atoms with van der Waals surface area (Å²) >= 11 is 0. The van der Waals surface area contributed by atoms with Gasteiger partial charge in [-0.3, -0.25) is 0 Å². The van der Waals surface area contributed by atoms with Crippen LogP contribution in [0.2, 0.25) is 0 Å². The first kappa shape index (κ1) is 21.7. The monoisotopic (exact) mass is 424 g/mol. The Labute approximate surface area is 179 Å². The van der Waals surface area contributed by atoms with Gasteiger partial charge in [0.2, 0.25) is 5.75 Å². The lowest BCUT2D eigenvalue weighted by Crippen LogP contribution is -2.00. The quantitative estimate of drug-likeness (QED) is 0.291. The number of ether oxygens (including phenoxy) is 2. The average molecular weight is 424 g/mol. The van der Waals surface area contributed by atoms with Crippen LogP contribution in [0.15, 0.2) is 42.5 Å². The van der Waals surface area contributed by atoms with Crippen LogP contribution >= 0.6 is 0 Å². The first-order valence-electron chi connectivity index (χ1n) is 9.46. The Morgan fingerprint density at radius 3 is 1.71 bits per heavy atom. The van der Waals surface area contributed by atoms with Crippen molar-refractivity contribution >= 4 is 12.2 Å². The van der Waals surface area contributed by atoms with E-state index < -0.39 is 5.92 Å². The Morgan fingerprint density at radius 1 is 0.677 bits per heavy atom. The molecular formula is C24H24O7. The Hall–Kier alpha value is -4.00. The SMILES string of the molecule is COc1cc(C(C)c2c(O)cc(/C=C/c3ccc(O)c(O)c3)cc2O)cc(OC)c1O. The largest absolute Gasteiger partial charge is 0.507 e. The first-order valence-corrected chi connectivity index (χ1v) is 9.46. The molecule has 0 aliphatic heterocycles. The molecule has 0 bridgehead atoms. The predicted octanol–water partition coefficient (Wildman–Crippen LogP) is 4.55. The molecule has 0 aliphatic carbocycles. The molecule has 0 fully saturated rings. The lowest BCUT2D eigenvalue weighted by molar-refractivity contribution is 0.339. The topological polar surface area (TPSA) is 120 Å². The Balaban J connectivity index is 1.95. The second kappa shape index (κ2) is 8.79. The van der Waals surface area contributed by atoms with Crippen molar-refractivity contribution in [1.82, 2.24) is 0 Å². The van der Waals surface area contributed by atoms with Gasteiger partial charge >= 0.3 is 0 Å². The highest BCUT2D eigenvalue weighted by atomic mass is 16.5. The van der Waals surface area contributed by atoms with Gasteiger partial charge in [0, 0.05) is 11.5 Å². The van der Waals surface area contributed by atoms with E-state index >= 15 is 0 Å². The zero-order valence-corrected chi connectivity index (χ0v) is 17.3. The van der Waals surface area contributed by atoms with Crippen LogP contribution < -0.4 is 9.47 Å². The summed E-state index contributed by atoms with van der Waals surface area (Å²) < 4.78 is 10.4. The molecule has 3 rings (SSSR count). The van der Waals surface area contributed by atoms with E-state index in [4.69, 9.17) is 9.47 Å². The molecule has 5 N–H and O–H groups in total. The van der Waals surface area contributed by atoms with Crippen LogP contribution in [0, 0.1) is 0 Å². The molecule has 0 aromatic heterocycles. The van der Waals surface area contributed by atoms with Gasteiger partial charge in [-0.2, -0.15) is 0 Å². The predicted molar refractivity (Wildman–Crippen MR) is 117 cm³/mol. The van der Waals surface area contributed by atoms with Crippen LogP contribution in [0.1, 0.15) is 35.1 Å². The van der Waals surface area contributed by atoms with Gasteiger partial charge in [-0.05, 0) is 53.1 Å². The van der Waals surface area contributed by atoms with E-state index in [2.05, 4.69) is 0 Å². The smallest absolute Gasteiger partial charge is 0.200 e. The lowest BCUT2D eigenvalue weighted by Gasteiger charge is -2.19. The third-order valence-electron chi connectivity index (χ3n) is 5.06. The van der Waals surface area contributed by atoms with Crippen LogP contribution in [0.5, 0.6) is 40.2 Å². The Bertz CT molecular complexity index is 1090. The van der Waals surface area contributed by atoms with Crippen molar-refractivity contribution in [2.24, 2.45) is 0 Å². The standard InChI is InChI=1S/C24H24O7/c1-13(16-11-21(30-2)24(29)22(12-16)31-3)23-19(27)9-15(10-20(23)28)5-4-14-6-7-17(25)18(26)8-14/h4-13,25-29H,1-3H3/b5-4+. The maximum atomic E-state index is 10.6. The van der Waals surface area contributed by atoms with Gasteiger partial charge in [0.1, 0.15) is 11.5 Å². The van der Waals surface area contributed by atoms with Gasteiger partial charge in [0.25, 0.3) is 0 Å². The van der Waals surface area contributed by atoms with Crippen molar-refractivity contribution in [2.75, 3.05) is 14.2 Å². The summed E-state index contributed by atoms with van der Waals surface area (Å²) in [6.07, 6.45) is 3.33. The van der Waals surface area contributed by atoms with Crippen LogP contribution in [0.4, 0.5) is 0 Å². The number of methoxy groups -OCH3 is 2. The maximum absolute atomic E-state index is 10.6. The fourth-order valence-electron chi connectivity index (χ4n) is 3.35. The number of hydrogen-bond donors (Lipinski definition) is 5. The molecule has 0 spiro atoms. The van der Waals surface area contributed by atoms with Gasteiger partial charge in [-0.15, -0.1) is 0 Å². The minimum Gasteiger partial charge on any atom is -0.507 e. The molecule has 3 aromatic carbocycles. The summed E-state index contributed by atoms with van der Waals surface area (Å²) in [7, 11) is 2.85. The van der Waals surface area contributed by atoms with Gasteiger partial charge in [0.05, 0.1) is 14.2 Å². The van der Waals surface area contributed by atoms with E-state index in [-0.39, 0.29) is 40.2 Å². The Kier molecular flexibility index (Phi) is 6.15. The normalized spacial score (nSPS) is 12.1. The third kappa shape index (κ3) is 4.45. The highest BCUT2D eigenvalue weighted by Gasteiger charge is 2.21. The number of rotatable bonds is 6. The molecule has 0 saturated heterocycles. The van der Waals surface area contributed by atoms with Crippen LogP contribution in [-0.4, -0.2) is 39.8 Å². The van der Waals surface area contributed by atoms with E-state index in [9.17, 15) is 25.5 Å². The molecular weight excluding hydrogens is 400 g/mol.